The smallest absolute Gasteiger partial charge is 0.0589 e. The van der Waals surface area contributed by atoms with Crippen molar-refractivity contribution in [3.63, 3.8) is 0 Å². The number of hydrogen-bond acceptors (Lipinski definition) is 3. The van der Waals surface area contributed by atoms with E-state index in [0.717, 1.165) is 25.7 Å². The van der Waals surface area contributed by atoms with E-state index in [9.17, 15) is 0 Å². The van der Waals surface area contributed by atoms with Gasteiger partial charge in [-0.05, 0) is 23.8 Å². The van der Waals surface area contributed by atoms with Gasteiger partial charge >= 0.3 is 0 Å². The number of benzene rings is 1. The number of nitrogens with two attached hydrogens (primary N) is 1. The Labute approximate surface area is 123 Å². The number of nitrogens with zero attached hydrogens (tertiary/aromatic N) is 1. The average Bonchev–Trinajstić information content (AvgIpc) is 3.28. The highest BCUT2D eigenvalue weighted by Crippen LogP contribution is 2.35. The average molecular weight is 276 g/mol. The van der Waals surface area contributed by atoms with Crippen LogP contribution in [0.2, 0.25) is 0 Å². The van der Waals surface area contributed by atoms with Crippen LogP contribution in [0.4, 0.5) is 0 Å². The van der Waals surface area contributed by atoms with E-state index in [-0.39, 0.29) is 11.5 Å². The number of rotatable bonds is 8. The molecule has 0 spiro atoms. The zero-order valence-electron chi connectivity index (χ0n) is 13.0. The molecule has 1 aromatic rings. The molecule has 1 saturated carbocycles. The summed E-state index contributed by atoms with van der Waals surface area (Å²) in [5, 5.41) is 0. The molecule has 0 aliphatic heterocycles. The van der Waals surface area contributed by atoms with Crippen LogP contribution in [0.5, 0.6) is 0 Å². The fourth-order valence-corrected chi connectivity index (χ4v) is 2.77. The predicted octanol–water partition coefficient (Wildman–Crippen LogP) is 2.82. The Bertz CT molecular complexity index is 401. The molecular weight excluding hydrogens is 248 g/mol. The number of hydrogen-bond donors (Lipinski definition) is 1. The molecule has 3 heteroatoms. The van der Waals surface area contributed by atoms with Gasteiger partial charge in [0, 0.05) is 32.3 Å². The van der Waals surface area contributed by atoms with Gasteiger partial charge in [-0.25, -0.2) is 0 Å². The first-order chi connectivity index (χ1) is 9.54. The van der Waals surface area contributed by atoms with Gasteiger partial charge in [-0.2, -0.15) is 0 Å². The van der Waals surface area contributed by atoms with Crippen molar-refractivity contribution in [2.24, 2.45) is 11.1 Å². The lowest BCUT2D eigenvalue weighted by Crippen LogP contribution is -2.43. The van der Waals surface area contributed by atoms with E-state index in [2.05, 4.69) is 43.0 Å². The Kier molecular flexibility index (Phi) is 5.19. The molecule has 3 nitrogen and oxygen atoms in total. The van der Waals surface area contributed by atoms with E-state index in [4.69, 9.17) is 10.5 Å². The second-order valence-corrected chi connectivity index (χ2v) is 6.57. The van der Waals surface area contributed by atoms with Gasteiger partial charge < -0.3 is 10.5 Å². The third kappa shape index (κ3) is 4.05. The molecular formula is C17H28N2O. The highest BCUT2D eigenvalue weighted by atomic mass is 16.5. The molecule has 20 heavy (non-hydrogen) atoms. The van der Waals surface area contributed by atoms with Crippen molar-refractivity contribution in [1.82, 2.24) is 4.90 Å². The van der Waals surface area contributed by atoms with E-state index in [0.29, 0.717) is 0 Å². The standard InChI is InChI=1S/C17H28N2O/c1-17(2,16(18)14-7-5-4-6-8-14)13-19(11-12-20-3)15-9-10-15/h4-8,15-16H,9-13,18H2,1-3H3. The van der Waals surface area contributed by atoms with Crippen molar-refractivity contribution in [3.05, 3.63) is 35.9 Å². The minimum absolute atomic E-state index is 0.0533. The summed E-state index contributed by atoms with van der Waals surface area (Å²) in [6.07, 6.45) is 2.64. The summed E-state index contributed by atoms with van der Waals surface area (Å²) in [7, 11) is 1.77. The monoisotopic (exact) mass is 276 g/mol. The molecule has 0 saturated heterocycles. The predicted molar refractivity (Wildman–Crippen MR) is 83.6 cm³/mol. The molecule has 1 aromatic carbocycles. The summed E-state index contributed by atoms with van der Waals surface area (Å²) in [4.78, 5) is 2.55. The third-order valence-electron chi connectivity index (χ3n) is 4.26. The van der Waals surface area contributed by atoms with Gasteiger partial charge in [0.15, 0.2) is 0 Å². The molecule has 0 heterocycles. The molecule has 0 radical (unpaired) electrons. The van der Waals surface area contributed by atoms with E-state index < -0.39 is 0 Å². The van der Waals surface area contributed by atoms with Crippen molar-refractivity contribution in [2.75, 3.05) is 26.8 Å². The van der Waals surface area contributed by atoms with Gasteiger partial charge in [0.05, 0.1) is 6.61 Å². The van der Waals surface area contributed by atoms with Crippen LogP contribution in [0, 0.1) is 5.41 Å². The zero-order valence-corrected chi connectivity index (χ0v) is 13.0. The largest absolute Gasteiger partial charge is 0.383 e. The lowest BCUT2D eigenvalue weighted by atomic mass is 9.80. The summed E-state index contributed by atoms with van der Waals surface area (Å²) in [6.45, 7) is 7.37. The van der Waals surface area contributed by atoms with Gasteiger partial charge in [0.1, 0.15) is 0 Å². The summed E-state index contributed by atoms with van der Waals surface area (Å²) < 4.78 is 5.24. The maximum atomic E-state index is 6.51. The van der Waals surface area contributed by atoms with Crippen LogP contribution < -0.4 is 5.73 Å². The second kappa shape index (κ2) is 6.70. The Balaban J connectivity index is 2.00. The van der Waals surface area contributed by atoms with Crippen molar-refractivity contribution in [1.29, 1.82) is 0 Å². The topological polar surface area (TPSA) is 38.5 Å². The number of methoxy groups -OCH3 is 1. The van der Waals surface area contributed by atoms with Gasteiger partial charge in [0.25, 0.3) is 0 Å². The maximum Gasteiger partial charge on any atom is 0.0589 e. The van der Waals surface area contributed by atoms with Crippen molar-refractivity contribution >= 4 is 0 Å². The zero-order chi connectivity index (χ0) is 14.6. The van der Waals surface area contributed by atoms with E-state index in [1.54, 1.807) is 7.11 Å². The van der Waals surface area contributed by atoms with Gasteiger partial charge in [-0.15, -0.1) is 0 Å². The van der Waals surface area contributed by atoms with Crippen LogP contribution in [-0.4, -0.2) is 37.7 Å². The fourth-order valence-electron chi connectivity index (χ4n) is 2.77. The van der Waals surface area contributed by atoms with Gasteiger partial charge in [0.2, 0.25) is 0 Å². The first-order valence-corrected chi connectivity index (χ1v) is 7.58. The minimum Gasteiger partial charge on any atom is -0.383 e. The third-order valence-corrected chi connectivity index (χ3v) is 4.26. The normalized spacial score (nSPS) is 17.4. The molecule has 2 rings (SSSR count). The molecule has 1 unspecified atom stereocenters. The first-order valence-electron chi connectivity index (χ1n) is 7.58. The van der Waals surface area contributed by atoms with Crippen LogP contribution in [0.3, 0.4) is 0 Å². The summed E-state index contributed by atoms with van der Waals surface area (Å²) >= 11 is 0. The van der Waals surface area contributed by atoms with Crippen molar-refractivity contribution in [3.8, 4) is 0 Å². The van der Waals surface area contributed by atoms with Crippen LogP contribution in [0.15, 0.2) is 30.3 Å². The van der Waals surface area contributed by atoms with Crippen LogP contribution >= 0.6 is 0 Å². The van der Waals surface area contributed by atoms with Crippen LogP contribution in [-0.2, 0) is 4.74 Å². The van der Waals surface area contributed by atoms with Crippen LogP contribution in [0.1, 0.15) is 38.3 Å². The molecule has 1 aliphatic carbocycles. The summed E-state index contributed by atoms with van der Waals surface area (Å²) in [5.41, 5.74) is 7.79. The molecule has 1 fully saturated rings. The minimum atomic E-state index is 0.0533. The molecule has 0 aromatic heterocycles. The quantitative estimate of drug-likeness (QED) is 0.793. The van der Waals surface area contributed by atoms with E-state index >= 15 is 0 Å². The molecule has 0 bridgehead atoms. The Hall–Kier alpha value is -0.900. The Morgan fingerprint density at radius 3 is 2.50 bits per heavy atom. The molecule has 1 atom stereocenters. The molecule has 1 aliphatic rings. The SMILES string of the molecule is COCCN(CC(C)(C)C(N)c1ccccc1)C1CC1. The van der Waals surface area contributed by atoms with E-state index in [1.165, 1.54) is 18.4 Å². The fraction of sp³-hybridized carbons (Fsp3) is 0.647. The van der Waals surface area contributed by atoms with Crippen LogP contribution in [0.25, 0.3) is 0 Å². The second-order valence-electron chi connectivity index (χ2n) is 6.57. The highest BCUT2D eigenvalue weighted by molar-refractivity contribution is 5.20. The molecule has 112 valence electrons. The molecule has 0 amide bonds. The van der Waals surface area contributed by atoms with Gasteiger partial charge in [-0.1, -0.05) is 44.2 Å². The van der Waals surface area contributed by atoms with Crippen molar-refractivity contribution < 1.29 is 4.74 Å². The molecule has 2 N–H and O–H groups in total. The summed E-state index contributed by atoms with van der Waals surface area (Å²) in [5.74, 6) is 0. The summed E-state index contributed by atoms with van der Waals surface area (Å²) in [6, 6.07) is 11.2. The van der Waals surface area contributed by atoms with Crippen molar-refractivity contribution in [2.45, 2.75) is 38.8 Å². The Morgan fingerprint density at radius 1 is 1.30 bits per heavy atom. The highest BCUT2D eigenvalue weighted by Gasteiger charge is 2.35. The Morgan fingerprint density at radius 2 is 1.95 bits per heavy atom. The first kappa shape index (κ1) is 15.5. The van der Waals surface area contributed by atoms with Gasteiger partial charge in [-0.3, -0.25) is 4.90 Å². The lowest BCUT2D eigenvalue weighted by Gasteiger charge is -2.37. The number of ether oxygens (including phenoxy) is 1. The van der Waals surface area contributed by atoms with E-state index in [1.807, 2.05) is 6.07 Å². The lowest BCUT2D eigenvalue weighted by molar-refractivity contribution is 0.102. The maximum absolute atomic E-state index is 6.51.